The molecule has 0 saturated carbocycles. The summed E-state index contributed by atoms with van der Waals surface area (Å²) >= 11 is 0. The number of carbonyl (C=O) groups is 6. The lowest BCUT2D eigenvalue weighted by atomic mass is 10.1. The number of nitrogens with zero attached hydrogens (tertiary/aromatic N) is 1. The summed E-state index contributed by atoms with van der Waals surface area (Å²) in [5, 5.41) is 13.9. The lowest BCUT2D eigenvalue weighted by Gasteiger charge is -2.25. The Labute approximate surface area is 172 Å². The van der Waals surface area contributed by atoms with Crippen molar-refractivity contribution in [1.29, 1.82) is 0 Å². The molecule has 0 bridgehead atoms. The largest absolute Gasteiger partial charge is 0.480 e. The van der Waals surface area contributed by atoms with E-state index in [4.69, 9.17) is 17.2 Å². The SMILES string of the molecule is NC(=O)CCC(N)C(=O)NCC(=O)N1CCCC1C(=O)NC(CCC(N)=O)C(=O)O. The first-order chi connectivity index (χ1) is 14.0. The first kappa shape index (κ1) is 24.8. The normalized spacial score (nSPS) is 17.6. The number of nitrogens with two attached hydrogens (primary N) is 3. The highest BCUT2D eigenvalue weighted by atomic mass is 16.4. The standard InChI is InChI=1S/C17H28N6O7/c18-9(3-5-12(19)24)15(27)21-8-14(26)23-7-1-2-11(23)16(28)22-10(17(29)30)4-6-13(20)25/h9-11H,1-8,18H2,(H2,19,24)(H2,20,25)(H,21,27)(H,22,28)(H,29,30). The molecule has 0 aromatic rings. The maximum atomic E-state index is 12.5. The summed E-state index contributed by atoms with van der Waals surface area (Å²) in [6.45, 7) is -0.142. The van der Waals surface area contributed by atoms with Crippen LogP contribution in [0.25, 0.3) is 0 Å². The van der Waals surface area contributed by atoms with E-state index >= 15 is 0 Å². The zero-order valence-corrected chi connectivity index (χ0v) is 16.5. The van der Waals surface area contributed by atoms with Crippen molar-refractivity contribution in [3.8, 4) is 0 Å². The molecule has 13 heteroatoms. The Morgan fingerprint density at radius 2 is 1.63 bits per heavy atom. The molecule has 1 aliphatic heterocycles. The van der Waals surface area contributed by atoms with Gasteiger partial charge in [0.1, 0.15) is 12.1 Å². The quantitative estimate of drug-likeness (QED) is 0.182. The molecule has 1 rings (SSSR count). The summed E-state index contributed by atoms with van der Waals surface area (Å²) in [7, 11) is 0. The summed E-state index contributed by atoms with van der Waals surface area (Å²) < 4.78 is 0. The van der Waals surface area contributed by atoms with Crippen LogP contribution in [0.4, 0.5) is 0 Å². The molecule has 0 radical (unpaired) electrons. The molecule has 1 saturated heterocycles. The summed E-state index contributed by atoms with van der Waals surface area (Å²) in [5.41, 5.74) is 15.6. The Bertz CT molecular complexity index is 698. The van der Waals surface area contributed by atoms with Crippen molar-refractivity contribution in [3.05, 3.63) is 0 Å². The Morgan fingerprint density at radius 3 is 2.20 bits per heavy atom. The highest BCUT2D eigenvalue weighted by Crippen LogP contribution is 2.18. The minimum Gasteiger partial charge on any atom is -0.480 e. The predicted octanol–water partition coefficient (Wildman–Crippen LogP) is -3.48. The molecule has 0 aromatic carbocycles. The monoisotopic (exact) mass is 428 g/mol. The highest BCUT2D eigenvalue weighted by Gasteiger charge is 2.35. The molecule has 1 aliphatic rings. The van der Waals surface area contributed by atoms with Crippen molar-refractivity contribution in [1.82, 2.24) is 15.5 Å². The second-order valence-electron chi connectivity index (χ2n) is 6.98. The number of carboxylic acids is 1. The van der Waals surface area contributed by atoms with Gasteiger partial charge in [0.2, 0.25) is 29.5 Å². The molecule has 0 aromatic heterocycles. The van der Waals surface area contributed by atoms with Crippen molar-refractivity contribution in [2.75, 3.05) is 13.1 Å². The smallest absolute Gasteiger partial charge is 0.326 e. The van der Waals surface area contributed by atoms with Crippen LogP contribution in [0.2, 0.25) is 0 Å². The van der Waals surface area contributed by atoms with Crippen molar-refractivity contribution >= 4 is 35.5 Å². The van der Waals surface area contributed by atoms with E-state index < -0.39 is 60.2 Å². The minimum atomic E-state index is -1.32. The number of hydrogen-bond donors (Lipinski definition) is 6. The number of carboxylic acid groups (broad SMARTS) is 1. The second kappa shape index (κ2) is 11.7. The van der Waals surface area contributed by atoms with Crippen LogP contribution in [-0.4, -0.2) is 76.7 Å². The molecule has 9 N–H and O–H groups in total. The van der Waals surface area contributed by atoms with Gasteiger partial charge >= 0.3 is 5.97 Å². The van der Waals surface area contributed by atoms with Gasteiger partial charge in [0, 0.05) is 19.4 Å². The van der Waals surface area contributed by atoms with Crippen LogP contribution < -0.4 is 27.8 Å². The summed E-state index contributed by atoms with van der Waals surface area (Å²) in [6, 6.07) is -3.22. The van der Waals surface area contributed by atoms with Gasteiger partial charge in [0.15, 0.2) is 0 Å². The zero-order valence-electron chi connectivity index (χ0n) is 16.5. The molecular weight excluding hydrogens is 400 g/mol. The molecule has 5 amide bonds. The topological polar surface area (TPSA) is 228 Å². The summed E-state index contributed by atoms with van der Waals surface area (Å²) in [6.07, 6.45) is 0.424. The van der Waals surface area contributed by atoms with Crippen LogP contribution in [0.1, 0.15) is 38.5 Å². The van der Waals surface area contributed by atoms with E-state index in [9.17, 15) is 33.9 Å². The van der Waals surface area contributed by atoms with E-state index in [1.54, 1.807) is 0 Å². The van der Waals surface area contributed by atoms with E-state index in [0.29, 0.717) is 12.8 Å². The summed E-state index contributed by atoms with van der Waals surface area (Å²) in [5.74, 6) is -4.46. The fourth-order valence-corrected chi connectivity index (χ4v) is 2.97. The molecule has 30 heavy (non-hydrogen) atoms. The number of primary amides is 2. The number of hydrogen-bond acceptors (Lipinski definition) is 7. The third kappa shape index (κ3) is 8.03. The Hall–Kier alpha value is -3.22. The molecule has 0 spiro atoms. The van der Waals surface area contributed by atoms with Crippen molar-refractivity contribution < 1.29 is 33.9 Å². The lowest BCUT2D eigenvalue weighted by Crippen LogP contribution is -2.53. The number of aliphatic carboxylic acids is 1. The van der Waals surface area contributed by atoms with Gasteiger partial charge in [-0.05, 0) is 25.7 Å². The lowest BCUT2D eigenvalue weighted by molar-refractivity contribution is -0.144. The third-order valence-electron chi connectivity index (χ3n) is 4.62. The van der Waals surface area contributed by atoms with E-state index in [-0.39, 0.29) is 32.2 Å². The molecular formula is C17H28N6O7. The molecule has 0 aliphatic carbocycles. The van der Waals surface area contributed by atoms with Gasteiger partial charge in [-0.25, -0.2) is 4.79 Å². The maximum absolute atomic E-state index is 12.5. The third-order valence-corrected chi connectivity index (χ3v) is 4.62. The second-order valence-corrected chi connectivity index (χ2v) is 6.98. The minimum absolute atomic E-state index is 0.0337. The molecule has 13 nitrogen and oxygen atoms in total. The number of likely N-dealkylation sites (tertiary alicyclic amines) is 1. The fraction of sp³-hybridized carbons (Fsp3) is 0.647. The first-order valence-electron chi connectivity index (χ1n) is 9.45. The van der Waals surface area contributed by atoms with Crippen LogP contribution in [0.15, 0.2) is 0 Å². The number of rotatable bonds is 12. The Kier molecular flexibility index (Phi) is 9.68. The van der Waals surface area contributed by atoms with Crippen molar-refractivity contribution in [3.63, 3.8) is 0 Å². The van der Waals surface area contributed by atoms with Gasteiger partial charge in [0.05, 0.1) is 12.6 Å². The molecule has 3 atom stereocenters. The van der Waals surface area contributed by atoms with E-state index in [2.05, 4.69) is 10.6 Å². The maximum Gasteiger partial charge on any atom is 0.326 e. The van der Waals surface area contributed by atoms with Crippen LogP contribution in [0.3, 0.4) is 0 Å². The number of nitrogens with one attached hydrogen (secondary N) is 2. The van der Waals surface area contributed by atoms with Gasteiger partial charge in [0.25, 0.3) is 0 Å². The van der Waals surface area contributed by atoms with Gasteiger partial charge < -0.3 is 37.8 Å². The number of carbonyl (C=O) groups excluding carboxylic acids is 5. The van der Waals surface area contributed by atoms with Gasteiger partial charge in [-0.15, -0.1) is 0 Å². The van der Waals surface area contributed by atoms with E-state index in [1.807, 2.05) is 0 Å². The van der Waals surface area contributed by atoms with E-state index in [1.165, 1.54) is 4.90 Å². The van der Waals surface area contributed by atoms with Crippen LogP contribution in [0, 0.1) is 0 Å². The molecule has 1 heterocycles. The van der Waals surface area contributed by atoms with Crippen LogP contribution in [0.5, 0.6) is 0 Å². The van der Waals surface area contributed by atoms with E-state index in [0.717, 1.165) is 0 Å². The Morgan fingerprint density at radius 1 is 1.03 bits per heavy atom. The van der Waals surface area contributed by atoms with Crippen LogP contribution >= 0.6 is 0 Å². The zero-order chi connectivity index (χ0) is 22.8. The molecule has 168 valence electrons. The average molecular weight is 428 g/mol. The summed E-state index contributed by atoms with van der Waals surface area (Å²) in [4.78, 5) is 70.9. The highest BCUT2D eigenvalue weighted by molar-refractivity contribution is 5.93. The van der Waals surface area contributed by atoms with Gasteiger partial charge in [-0.3, -0.25) is 24.0 Å². The Balaban J connectivity index is 2.60. The first-order valence-corrected chi connectivity index (χ1v) is 9.45. The van der Waals surface area contributed by atoms with Gasteiger partial charge in [-0.2, -0.15) is 0 Å². The van der Waals surface area contributed by atoms with Crippen molar-refractivity contribution in [2.45, 2.75) is 56.7 Å². The molecule has 1 fully saturated rings. The predicted molar refractivity (Wildman–Crippen MR) is 102 cm³/mol. The fourth-order valence-electron chi connectivity index (χ4n) is 2.97. The van der Waals surface area contributed by atoms with Crippen molar-refractivity contribution in [2.24, 2.45) is 17.2 Å². The van der Waals surface area contributed by atoms with Crippen LogP contribution in [-0.2, 0) is 28.8 Å². The average Bonchev–Trinajstić information content (AvgIpc) is 3.16. The number of amides is 5. The molecule has 3 unspecified atom stereocenters. The van der Waals surface area contributed by atoms with Gasteiger partial charge in [-0.1, -0.05) is 0 Å².